The normalized spacial score (nSPS) is 17.5. The number of amides is 2. The van der Waals surface area contributed by atoms with Crippen LogP contribution in [0.1, 0.15) is 40.5 Å². The number of carbonyl (C=O) groups excluding carboxylic acids is 2. The number of hydrogen-bond acceptors (Lipinski definition) is 7. The van der Waals surface area contributed by atoms with Gasteiger partial charge in [-0.15, -0.1) is 5.10 Å². The van der Waals surface area contributed by atoms with Gasteiger partial charge in [-0.2, -0.15) is 0 Å². The fourth-order valence-corrected chi connectivity index (χ4v) is 6.61. The average molecular weight is 676 g/mol. The second-order valence-corrected chi connectivity index (χ2v) is 12.6. The first kappa shape index (κ1) is 32.3. The van der Waals surface area contributed by atoms with Gasteiger partial charge in [-0.1, -0.05) is 72.3 Å². The van der Waals surface area contributed by atoms with E-state index in [0.717, 1.165) is 5.56 Å². The van der Waals surface area contributed by atoms with Gasteiger partial charge in [0.2, 0.25) is 0 Å². The number of fused-ring (bicyclic) bond motifs is 3. The zero-order valence-corrected chi connectivity index (χ0v) is 27.5. The van der Waals surface area contributed by atoms with E-state index in [0.29, 0.717) is 69.8 Å². The predicted molar refractivity (Wildman–Crippen MR) is 186 cm³/mol. The number of aliphatic hydroxyl groups excluding tert-OH is 1. The summed E-state index contributed by atoms with van der Waals surface area (Å²) >= 11 is 6.40. The van der Waals surface area contributed by atoms with E-state index in [1.54, 1.807) is 64.0 Å². The van der Waals surface area contributed by atoms with Crippen molar-refractivity contribution in [3.8, 4) is 11.5 Å². The molecule has 0 saturated heterocycles. The van der Waals surface area contributed by atoms with Crippen LogP contribution in [0.2, 0.25) is 5.02 Å². The summed E-state index contributed by atoms with van der Waals surface area (Å²) in [5, 5.41) is 29.8. The fourth-order valence-electron chi connectivity index (χ4n) is 6.44. The van der Waals surface area contributed by atoms with E-state index in [1.165, 1.54) is 0 Å². The quantitative estimate of drug-likeness (QED) is 0.161. The number of para-hydroxylation sites is 3. The van der Waals surface area contributed by atoms with Gasteiger partial charge in [-0.05, 0) is 66.6 Å². The lowest BCUT2D eigenvalue weighted by atomic mass is 9.83. The number of rotatable bonds is 10. The van der Waals surface area contributed by atoms with Crippen molar-refractivity contribution in [1.29, 1.82) is 0 Å². The summed E-state index contributed by atoms with van der Waals surface area (Å²) in [4.78, 5) is 31.4. The number of halogens is 1. The van der Waals surface area contributed by atoms with Crippen LogP contribution in [0.15, 0.2) is 109 Å². The second-order valence-electron chi connectivity index (χ2n) is 12.1. The third-order valence-corrected chi connectivity index (χ3v) is 9.19. The Kier molecular flexibility index (Phi) is 8.77. The molecule has 0 unspecified atom stereocenters. The third-order valence-electron chi connectivity index (χ3n) is 8.95. The van der Waals surface area contributed by atoms with Crippen LogP contribution in [-0.2, 0) is 29.9 Å². The van der Waals surface area contributed by atoms with Crippen molar-refractivity contribution in [3.05, 3.63) is 137 Å². The lowest BCUT2D eigenvalue weighted by molar-refractivity contribution is -0.139. The van der Waals surface area contributed by atoms with E-state index in [2.05, 4.69) is 10.3 Å². The van der Waals surface area contributed by atoms with Crippen molar-refractivity contribution in [1.82, 2.24) is 15.0 Å². The van der Waals surface area contributed by atoms with Crippen LogP contribution < -0.4 is 14.5 Å². The Morgan fingerprint density at radius 3 is 2.59 bits per heavy atom. The number of benzene rings is 4. The zero-order valence-electron chi connectivity index (χ0n) is 26.7. The maximum atomic E-state index is 14.2. The molecule has 0 aliphatic carbocycles. The number of ether oxygens (including phenoxy) is 1. The number of aromatic nitrogens is 3. The molecular weight excluding hydrogens is 642 g/mol. The molecule has 0 bridgehead atoms. The van der Waals surface area contributed by atoms with Gasteiger partial charge in [-0.3, -0.25) is 19.2 Å². The Bertz CT molecular complexity index is 2080. The van der Waals surface area contributed by atoms with Gasteiger partial charge in [0.1, 0.15) is 5.75 Å². The minimum Gasteiger partial charge on any atom is -0.454 e. The van der Waals surface area contributed by atoms with Crippen LogP contribution in [0.3, 0.4) is 0 Å². The lowest BCUT2D eigenvalue weighted by Crippen LogP contribution is -2.44. The minimum absolute atomic E-state index is 0.00770. The van der Waals surface area contributed by atoms with Gasteiger partial charge in [0.05, 0.1) is 29.2 Å². The van der Waals surface area contributed by atoms with Gasteiger partial charge in [-0.25, -0.2) is 0 Å². The molecule has 2 aliphatic heterocycles. The first-order chi connectivity index (χ1) is 23.8. The summed E-state index contributed by atoms with van der Waals surface area (Å²) in [7, 11) is 0. The first-order valence-corrected chi connectivity index (χ1v) is 16.5. The fraction of sp³-hybridized carbons (Fsp3) is 0.211. The molecule has 10 nitrogen and oxygen atoms in total. The molecule has 2 aliphatic rings. The molecule has 2 atom stereocenters. The standard InChI is InChI=1S/C38H34ClN5O5/c1-25(9-6-7-19-42-24-28(18-20-45)40-41-42)38(48)31-22-27(39)16-17-32(31)43(37(38)47)23-26-10-8-11-29(21-26)44-33-13-3-5-15-35(33)49-34-14-4-2-12-30(34)36(44)46/h2-6,8-17,21-22,24-25,45,48H,7,18-20,23H2,1H3/b9-6+/t25-,38+/m1/s1. The topological polar surface area (TPSA) is 121 Å². The number of aliphatic hydroxyl groups is 2. The van der Waals surface area contributed by atoms with Crippen LogP contribution in [0, 0.1) is 5.92 Å². The molecule has 0 saturated carbocycles. The molecule has 2 amide bonds. The molecule has 4 aromatic carbocycles. The number of nitrogens with zero attached hydrogens (tertiary/aromatic N) is 5. The van der Waals surface area contributed by atoms with Crippen LogP contribution in [0.25, 0.3) is 0 Å². The molecule has 1 aromatic heterocycles. The lowest BCUT2D eigenvalue weighted by Gasteiger charge is -2.28. The molecule has 248 valence electrons. The van der Waals surface area contributed by atoms with Crippen molar-refractivity contribution in [3.63, 3.8) is 0 Å². The summed E-state index contributed by atoms with van der Waals surface area (Å²) in [5.74, 6) is -0.258. The van der Waals surface area contributed by atoms with E-state index in [-0.39, 0.29) is 19.1 Å². The largest absolute Gasteiger partial charge is 0.454 e. The highest BCUT2D eigenvalue weighted by Gasteiger charge is 2.52. The molecule has 49 heavy (non-hydrogen) atoms. The second kappa shape index (κ2) is 13.3. The molecule has 3 heterocycles. The van der Waals surface area contributed by atoms with Crippen LogP contribution >= 0.6 is 11.6 Å². The highest BCUT2D eigenvalue weighted by atomic mass is 35.5. The van der Waals surface area contributed by atoms with Crippen molar-refractivity contribution in [2.75, 3.05) is 16.4 Å². The monoisotopic (exact) mass is 675 g/mol. The maximum absolute atomic E-state index is 14.2. The Balaban J connectivity index is 1.16. The summed E-state index contributed by atoms with van der Waals surface area (Å²) in [6.07, 6.45) is 6.58. The van der Waals surface area contributed by atoms with Crippen LogP contribution in [0.5, 0.6) is 11.5 Å². The molecule has 2 N–H and O–H groups in total. The molecule has 5 aromatic rings. The summed E-state index contributed by atoms with van der Waals surface area (Å²) in [6, 6.07) is 27.1. The van der Waals surface area contributed by atoms with Gasteiger partial charge in [0, 0.05) is 48.0 Å². The maximum Gasteiger partial charge on any atom is 0.266 e. The smallest absolute Gasteiger partial charge is 0.266 e. The zero-order chi connectivity index (χ0) is 34.1. The number of anilines is 3. The Morgan fingerprint density at radius 1 is 0.959 bits per heavy atom. The third kappa shape index (κ3) is 5.99. The molecular formula is C38H34ClN5O5. The summed E-state index contributed by atoms with van der Waals surface area (Å²) < 4.78 is 7.86. The predicted octanol–water partition coefficient (Wildman–Crippen LogP) is 6.57. The molecule has 0 fully saturated rings. The average Bonchev–Trinajstić information content (AvgIpc) is 3.60. The first-order valence-electron chi connectivity index (χ1n) is 16.1. The Labute approximate surface area is 288 Å². The van der Waals surface area contributed by atoms with E-state index in [1.807, 2.05) is 66.7 Å². The summed E-state index contributed by atoms with van der Waals surface area (Å²) in [5.41, 5.74) is 2.28. The Morgan fingerprint density at radius 2 is 1.76 bits per heavy atom. The number of allylic oxidation sites excluding steroid dienone is 1. The molecule has 0 spiro atoms. The molecule has 11 heteroatoms. The van der Waals surface area contributed by atoms with Gasteiger partial charge < -0.3 is 19.8 Å². The highest BCUT2D eigenvalue weighted by Crippen LogP contribution is 2.47. The highest BCUT2D eigenvalue weighted by molar-refractivity contribution is 6.31. The van der Waals surface area contributed by atoms with Crippen molar-refractivity contribution in [2.45, 2.75) is 38.5 Å². The van der Waals surface area contributed by atoms with Crippen molar-refractivity contribution < 1.29 is 24.5 Å². The van der Waals surface area contributed by atoms with E-state index in [9.17, 15) is 14.7 Å². The van der Waals surface area contributed by atoms with E-state index < -0.39 is 17.4 Å². The SMILES string of the molecule is C[C@H](/C=C/CCn1cc(CCO)nn1)[C@@]1(O)C(=O)N(Cc2cccc(N3C(=O)c4ccccc4Oc4ccccc43)c2)c2ccc(Cl)cc21. The van der Waals surface area contributed by atoms with Gasteiger partial charge >= 0.3 is 0 Å². The van der Waals surface area contributed by atoms with Gasteiger partial charge in [0.25, 0.3) is 11.8 Å². The van der Waals surface area contributed by atoms with Crippen molar-refractivity contribution in [2.24, 2.45) is 5.92 Å². The Hall–Kier alpha value is -5.29. The van der Waals surface area contributed by atoms with Gasteiger partial charge in [0.15, 0.2) is 11.4 Å². The number of carbonyl (C=O) groups is 2. The number of hydrogen-bond donors (Lipinski definition) is 2. The van der Waals surface area contributed by atoms with Crippen molar-refractivity contribution >= 4 is 40.5 Å². The van der Waals surface area contributed by atoms with Crippen LogP contribution in [0.4, 0.5) is 17.1 Å². The number of aryl methyl sites for hydroxylation is 1. The minimum atomic E-state index is -1.85. The van der Waals surface area contributed by atoms with E-state index in [4.69, 9.17) is 21.4 Å². The van der Waals surface area contributed by atoms with E-state index >= 15 is 0 Å². The molecule has 0 radical (unpaired) electrons. The van der Waals surface area contributed by atoms with Crippen LogP contribution in [-0.4, -0.2) is 43.6 Å². The molecule has 7 rings (SSSR count). The summed E-state index contributed by atoms with van der Waals surface area (Å²) in [6.45, 7) is 2.52.